The van der Waals surface area contributed by atoms with Crippen LogP contribution < -0.4 is 14.4 Å². The number of rotatable bonds is 14. The molecule has 0 aromatic heterocycles. The number of benzene rings is 3. The van der Waals surface area contributed by atoms with Crippen LogP contribution in [0.3, 0.4) is 0 Å². The minimum atomic E-state index is -3.73. The third-order valence-electron chi connectivity index (χ3n) is 8.04. The molecule has 0 saturated heterocycles. The Morgan fingerprint density at radius 2 is 1.67 bits per heavy atom. The third-order valence-corrected chi connectivity index (χ3v) is 9.77. The summed E-state index contributed by atoms with van der Waals surface area (Å²) in [6.07, 6.45) is 6.76. The molecule has 1 N–H and O–H groups in total. The molecule has 1 saturated carbocycles. The van der Waals surface area contributed by atoms with E-state index in [2.05, 4.69) is 5.32 Å². The lowest BCUT2D eigenvalue weighted by Crippen LogP contribution is -2.52. The lowest BCUT2D eigenvalue weighted by molar-refractivity contribution is -0.141. The summed E-state index contributed by atoms with van der Waals surface area (Å²) in [4.78, 5) is 29.7. The summed E-state index contributed by atoms with van der Waals surface area (Å²) in [6, 6.07) is 21.0. The first-order chi connectivity index (χ1) is 21.5. The first-order valence-electron chi connectivity index (χ1n) is 15.2. The molecule has 0 unspecified atom stereocenters. The van der Waals surface area contributed by atoms with E-state index in [4.69, 9.17) is 27.9 Å². The maximum Gasteiger partial charge on any atom is 0.243 e. The van der Waals surface area contributed by atoms with Gasteiger partial charge in [0.05, 0.1) is 24.1 Å². The average Bonchev–Trinajstić information content (AvgIpc) is 3.02. The van der Waals surface area contributed by atoms with Crippen LogP contribution in [0.15, 0.2) is 72.8 Å². The number of amides is 2. The summed E-state index contributed by atoms with van der Waals surface area (Å²) < 4.78 is 32.1. The monoisotopic (exact) mass is 673 g/mol. The van der Waals surface area contributed by atoms with Crippen molar-refractivity contribution in [1.29, 1.82) is 0 Å². The van der Waals surface area contributed by atoms with Crippen LogP contribution in [-0.4, -0.2) is 57.1 Å². The number of sulfonamides is 1. The van der Waals surface area contributed by atoms with Crippen molar-refractivity contribution in [3.63, 3.8) is 0 Å². The van der Waals surface area contributed by atoms with Gasteiger partial charge in [-0.05, 0) is 60.7 Å². The molecule has 0 radical (unpaired) electrons. The SMILES string of the molecule is COc1cccc(CN(C(=O)CCCN(c2cc(Cl)ccc2Cl)S(C)(=O)=O)[C@@H](Cc2ccccc2)C(=O)NC2CCCCC2)c1. The molecule has 1 atom stereocenters. The van der Waals surface area contributed by atoms with Crippen molar-refractivity contribution in [3.8, 4) is 5.75 Å². The molecule has 8 nitrogen and oxygen atoms in total. The van der Waals surface area contributed by atoms with E-state index in [0.29, 0.717) is 17.2 Å². The first kappa shape index (κ1) is 34.6. The topological polar surface area (TPSA) is 96.0 Å². The van der Waals surface area contributed by atoms with Crippen LogP contribution >= 0.6 is 23.2 Å². The van der Waals surface area contributed by atoms with Gasteiger partial charge >= 0.3 is 0 Å². The predicted octanol–water partition coefficient (Wildman–Crippen LogP) is 6.64. The molecule has 0 heterocycles. The number of halogens is 2. The van der Waals surface area contributed by atoms with E-state index in [1.165, 1.54) is 12.1 Å². The summed E-state index contributed by atoms with van der Waals surface area (Å²) in [5.41, 5.74) is 2.00. The Kier molecular flexibility index (Phi) is 12.6. The molecular formula is C34H41Cl2N3O5S. The van der Waals surface area contributed by atoms with Gasteiger partial charge in [-0.1, -0.05) is 84.9 Å². The fourth-order valence-corrected chi connectivity index (χ4v) is 7.13. The van der Waals surface area contributed by atoms with Gasteiger partial charge in [0.15, 0.2) is 0 Å². The molecule has 3 aromatic rings. The maximum absolute atomic E-state index is 14.1. The largest absolute Gasteiger partial charge is 0.497 e. The van der Waals surface area contributed by atoms with E-state index in [1.807, 2.05) is 54.6 Å². The van der Waals surface area contributed by atoms with Crippen LogP contribution in [0.1, 0.15) is 56.1 Å². The Morgan fingerprint density at radius 1 is 0.956 bits per heavy atom. The van der Waals surface area contributed by atoms with Crippen LogP contribution in [0.25, 0.3) is 0 Å². The number of anilines is 1. The standard InChI is InChI=1S/C34H41Cl2N3O5S/c1-44-29-16-9-13-26(21-29)24-38(32(22-25-11-5-3-6-12-25)34(41)37-28-14-7-4-8-15-28)33(40)17-10-20-39(45(2,42)43)31-23-27(35)18-19-30(31)36/h3,5-6,9,11-13,16,18-19,21,23,28,32H,4,7-8,10,14-15,17,20,22,24H2,1-2H3,(H,37,41)/t32-/m0/s1. The van der Waals surface area contributed by atoms with Gasteiger partial charge in [-0.3, -0.25) is 13.9 Å². The van der Waals surface area contributed by atoms with E-state index in [1.54, 1.807) is 18.1 Å². The number of ether oxygens (including phenoxy) is 1. The highest BCUT2D eigenvalue weighted by Gasteiger charge is 2.32. The maximum atomic E-state index is 14.1. The highest BCUT2D eigenvalue weighted by molar-refractivity contribution is 7.92. The minimum Gasteiger partial charge on any atom is -0.497 e. The van der Waals surface area contributed by atoms with Crippen molar-refractivity contribution in [1.82, 2.24) is 10.2 Å². The molecule has 0 bridgehead atoms. The molecule has 45 heavy (non-hydrogen) atoms. The zero-order chi connectivity index (χ0) is 32.4. The molecule has 242 valence electrons. The Balaban J connectivity index is 1.62. The molecule has 3 aromatic carbocycles. The van der Waals surface area contributed by atoms with E-state index in [9.17, 15) is 18.0 Å². The quantitative estimate of drug-likeness (QED) is 0.207. The van der Waals surface area contributed by atoms with Crippen molar-refractivity contribution in [2.24, 2.45) is 0 Å². The molecule has 11 heteroatoms. The summed E-state index contributed by atoms with van der Waals surface area (Å²) in [6.45, 7) is 0.191. The van der Waals surface area contributed by atoms with Gasteiger partial charge in [-0.15, -0.1) is 0 Å². The van der Waals surface area contributed by atoms with Crippen LogP contribution in [0.4, 0.5) is 5.69 Å². The smallest absolute Gasteiger partial charge is 0.243 e. The fourth-order valence-electron chi connectivity index (χ4n) is 5.73. The van der Waals surface area contributed by atoms with Gasteiger partial charge in [0.1, 0.15) is 11.8 Å². The van der Waals surface area contributed by atoms with Gasteiger partial charge in [-0.2, -0.15) is 0 Å². The average molecular weight is 675 g/mol. The second-order valence-corrected chi connectivity index (χ2v) is 14.2. The molecule has 1 aliphatic rings. The van der Waals surface area contributed by atoms with E-state index in [-0.39, 0.29) is 54.5 Å². The summed E-state index contributed by atoms with van der Waals surface area (Å²) in [5, 5.41) is 3.82. The van der Waals surface area contributed by atoms with E-state index >= 15 is 0 Å². The molecule has 0 aliphatic heterocycles. The molecule has 1 aliphatic carbocycles. The Morgan fingerprint density at radius 3 is 2.36 bits per heavy atom. The van der Waals surface area contributed by atoms with Crippen molar-refractivity contribution in [3.05, 3.63) is 94.0 Å². The Bertz CT molecular complexity index is 1550. The van der Waals surface area contributed by atoms with E-state index < -0.39 is 16.1 Å². The highest BCUT2D eigenvalue weighted by Crippen LogP contribution is 2.31. The number of carbonyl (C=O) groups is 2. The zero-order valence-corrected chi connectivity index (χ0v) is 28.1. The lowest BCUT2D eigenvalue weighted by atomic mass is 9.94. The van der Waals surface area contributed by atoms with Gasteiger partial charge in [0.2, 0.25) is 21.8 Å². The zero-order valence-electron chi connectivity index (χ0n) is 25.8. The van der Waals surface area contributed by atoms with Crippen molar-refractivity contribution >= 4 is 50.7 Å². The summed E-state index contributed by atoms with van der Waals surface area (Å²) in [5.74, 6) is 0.196. The van der Waals surface area contributed by atoms with Crippen molar-refractivity contribution in [2.45, 2.75) is 70.0 Å². The Hall–Kier alpha value is -3.27. The number of hydrogen-bond donors (Lipinski definition) is 1. The predicted molar refractivity (Wildman–Crippen MR) is 180 cm³/mol. The van der Waals surface area contributed by atoms with Crippen LogP contribution in [0.2, 0.25) is 10.0 Å². The molecule has 1 fully saturated rings. The highest BCUT2D eigenvalue weighted by atomic mass is 35.5. The number of methoxy groups -OCH3 is 1. The molecule has 2 amide bonds. The molecule has 4 rings (SSSR count). The second kappa shape index (κ2) is 16.3. The second-order valence-electron chi connectivity index (χ2n) is 11.5. The first-order valence-corrected chi connectivity index (χ1v) is 17.8. The van der Waals surface area contributed by atoms with Gasteiger partial charge in [0, 0.05) is 37.0 Å². The summed E-state index contributed by atoms with van der Waals surface area (Å²) >= 11 is 12.5. The number of nitrogens with zero attached hydrogens (tertiary/aromatic N) is 2. The molecule has 0 spiro atoms. The van der Waals surface area contributed by atoms with Crippen LogP contribution in [-0.2, 0) is 32.6 Å². The number of carbonyl (C=O) groups excluding carboxylic acids is 2. The van der Waals surface area contributed by atoms with Crippen LogP contribution in [0, 0.1) is 0 Å². The summed E-state index contributed by atoms with van der Waals surface area (Å²) in [7, 11) is -2.15. The minimum absolute atomic E-state index is 0.00918. The molecular weight excluding hydrogens is 633 g/mol. The van der Waals surface area contributed by atoms with Gasteiger partial charge < -0.3 is 15.0 Å². The number of nitrogens with one attached hydrogen (secondary N) is 1. The van der Waals surface area contributed by atoms with Crippen molar-refractivity contribution in [2.75, 3.05) is 24.2 Å². The number of hydrogen-bond acceptors (Lipinski definition) is 5. The van der Waals surface area contributed by atoms with Gasteiger partial charge in [0.25, 0.3) is 0 Å². The fraction of sp³-hybridized carbons (Fsp3) is 0.412. The third kappa shape index (κ3) is 10.1. The normalized spacial score (nSPS) is 14.4. The Labute approximate surface area is 276 Å². The lowest BCUT2D eigenvalue weighted by Gasteiger charge is -2.34. The van der Waals surface area contributed by atoms with Crippen LogP contribution in [0.5, 0.6) is 5.75 Å². The van der Waals surface area contributed by atoms with Gasteiger partial charge in [-0.25, -0.2) is 8.42 Å². The van der Waals surface area contributed by atoms with E-state index in [0.717, 1.165) is 53.8 Å². The van der Waals surface area contributed by atoms with Crippen molar-refractivity contribution < 1.29 is 22.7 Å².